The van der Waals surface area contributed by atoms with Crippen LogP contribution in [0.1, 0.15) is 83.6 Å². The smallest absolute Gasteiger partial charge is 0.344 e. The molecule has 198 valence electrons. The second-order valence-electron chi connectivity index (χ2n) is 9.09. The first-order valence-corrected chi connectivity index (χ1v) is 13.0. The van der Waals surface area contributed by atoms with Gasteiger partial charge in [-0.15, -0.1) is 0 Å². The first kappa shape index (κ1) is 29.0. The summed E-state index contributed by atoms with van der Waals surface area (Å²) in [6.45, 7) is 6.08. The Hall–Kier alpha value is -3.22. The van der Waals surface area contributed by atoms with Crippen LogP contribution in [0.3, 0.4) is 0 Å². The number of hydrogen-bond donors (Lipinski definition) is 2. The van der Waals surface area contributed by atoms with E-state index in [1.54, 1.807) is 42.5 Å². The number of hydrogen-bond acceptors (Lipinski definition) is 5. The molecule has 0 amide bonds. The summed E-state index contributed by atoms with van der Waals surface area (Å²) in [6, 6.07) is 12.1. The molecule has 2 aromatic rings. The molecule has 0 radical (unpaired) electrons. The van der Waals surface area contributed by atoms with E-state index >= 15 is 0 Å². The third-order valence-corrected chi connectivity index (χ3v) is 5.94. The van der Waals surface area contributed by atoms with Gasteiger partial charge in [0.15, 0.2) is 12.2 Å². The number of unbranched alkanes of at least 4 members (excludes halogenated alkanes) is 6. The normalized spacial score (nSPS) is 12.5. The summed E-state index contributed by atoms with van der Waals surface area (Å²) in [5, 5.41) is 19.0. The predicted molar refractivity (Wildman–Crippen MR) is 139 cm³/mol. The highest BCUT2D eigenvalue weighted by molar-refractivity contribution is 5.73. The van der Waals surface area contributed by atoms with Gasteiger partial charge in [0, 0.05) is 0 Å². The molecule has 0 spiro atoms. The van der Waals surface area contributed by atoms with E-state index < -0.39 is 24.1 Å². The van der Waals surface area contributed by atoms with Crippen molar-refractivity contribution in [1.29, 1.82) is 0 Å². The van der Waals surface area contributed by atoms with Crippen molar-refractivity contribution in [3.8, 4) is 23.0 Å². The lowest BCUT2D eigenvalue weighted by Gasteiger charge is -2.17. The van der Waals surface area contributed by atoms with E-state index in [0.717, 1.165) is 56.9 Å². The molecule has 0 saturated carbocycles. The minimum absolute atomic E-state index is 0.475. The summed E-state index contributed by atoms with van der Waals surface area (Å²) in [6.07, 6.45) is 7.19. The third-order valence-electron chi connectivity index (χ3n) is 5.94. The monoisotopic (exact) mass is 500 g/mol. The molecule has 0 aliphatic rings. The lowest BCUT2D eigenvalue weighted by atomic mass is 10.1. The van der Waals surface area contributed by atoms with Crippen molar-refractivity contribution in [3.63, 3.8) is 0 Å². The van der Waals surface area contributed by atoms with Gasteiger partial charge in [0.2, 0.25) is 0 Å². The average Bonchev–Trinajstić information content (AvgIpc) is 2.85. The highest BCUT2D eigenvalue weighted by Gasteiger charge is 2.20. The van der Waals surface area contributed by atoms with E-state index in [1.807, 2.05) is 6.92 Å². The largest absolute Gasteiger partial charge is 0.479 e. The van der Waals surface area contributed by atoms with E-state index in [0.29, 0.717) is 35.8 Å². The van der Waals surface area contributed by atoms with Gasteiger partial charge in [-0.05, 0) is 80.6 Å². The van der Waals surface area contributed by atoms with Crippen LogP contribution in [0, 0.1) is 6.92 Å². The Balaban J connectivity index is 1.94. The maximum Gasteiger partial charge on any atom is 0.344 e. The molecule has 0 aliphatic heterocycles. The van der Waals surface area contributed by atoms with E-state index in [-0.39, 0.29) is 0 Å². The maximum atomic E-state index is 11.6. The lowest BCUT2D eigenvalue weighted by molar-refractivity contribution is -0.146. The second kappa shape index (κ2) is 15.7. The van der Waals surface area contributed by atoms with Crippen molar-refractivity contribution < 1.29 is 34.0 Å². The average molecular weight is 501 g/mol. The molecule has 2 rings (SSSR count). The van der Waals surface area contributed by atoms with Gasteiger partial charge in [-0.1, -0.05) is 52.4 Å². The molecule has 36 heavy (non-hydrogen) atoms. The molecule has 2 N–H and O–H groups in total. The molecule has 0 fully saturated rings. The fourth-order valence-electron chi connectivity index (χ4n) is 3.84. The Morgan fingerprint density at radius 1 is 0.694 bits per heavy atom. The van der Waals surface area contributed by atoms with Gasteiger partial charge in [-0.3, -0.25) is 0 Å². The van der Waals surface area contributed by atoms with Crippen LogP contribution in [-0.2, 0) is 9.59 Å². The third kappa shape index (κ3) is 10.2. The molecule has 0 aliphatic carbocycles. The molecule has 7 nitrogen and oxygen atoms in total. The predicted octanol–water partition coefficient (Wildman–Crippen LogP) is 7.39. The van der Waals surface area contributed by atoms with Gasteiger partial charge in [0.25, 0.3) is 0 Å². The highest BCUT2D eigenvalue weighted by atomic mass is 16.5. The van der Waals surface area contributed by atoms with Gasteiger partial charge in [0.05, 0.1) is 0 Å². The van der Waals surface area contributed by atoms with E-state index in [1.165, 1.54) is 0 Å². The zero-order valence-electron chi connectivity index (χ0n) is 21.7. The molecule has 0 saturated heterocycles. The van der Waals surface area contributed by atoms with Crippen LogP contribution in [0.15, 0.2) is 42.5 Å². The molecule has 2 atom stereocenters. The Morgan fingerprint density at radius 2 is 1.19 bits per heavy atom. The van der Waals surface area contributed by atoms with Gasteiger partial charge in [-0.2, -0.15) is 0 Å². The Kier molecular flexibility index (Phi) is 12.7. The van der Waals surface area contributed by atoms with Crippen LogP contribution in [0.25, 0.3) is 0 Å². The number of carboxylic acid groups (broad SMARTS) is 2. The standard InChI is InChI=1S/C29H40O7/c1-4-6-8-10-12-26(28(30)31)35-23-16-14-22(15-17-23)34-24-18-19-25(21(3)20-24)36-27(29(32)33)13-11-9-7-5-2/h14-20,26-27H,4-13H2,1-3H3,(H,30,31)(H,32,33)/t26-,27-/m0/s1. The van der Waals surface area contributed by atoms with Crippen LogP contribution in [0.4, 0.5) is 0 Å². The van der Waals surface area contributed by atoms with Crippen molar-refractivity contribution in [1.82, 2.24) is 0 Å². The van der Waals surface area contributed by atoms with Crippen LogP contribution < -0.4 is 14.2 Å². The first-order chi connectivity index (χ1) is 17.3. The fourth-order valence-corrected chi connectivity index (χ4v) is 3.84. The molecular weight excluding hydrogens is 460 g/mol. The molecule has 0 bridgehead atoms. The number of benzene rings is 2. The number of carbonyl (C=O) groups is 2. The molecule has 0 unspecified atom stereocenters. The first-order valence-electron chi connectivity index (χ1n) is 13.0. The number of rotatable bonds is 18. The summed E-state index contributed by atoms with van der Waals surface area (Å²) >= 11 is 0. The van der Waals surface area contributed by atoms with Crippen molar-refractivity contribution in [2.24, 2.45) is 0 Å². The summed E-state index contributed by atoms with van der Waals surface area (Å²) < 4.78 is 17.4. The topological polar surface area (TPSA) is 102 Å². The SMILES string of the molecule is CCCCCC[C@H](Oc1ccc(Oc2ccc(O[C@@H](CCCCCC)C(=O)O)c(C)c2)cc1)C(=O)O. The number of aryl methyl sites for hydroxylation is 1. The minimum Gasteiger partial charge on any atom is -0.479 e. The second-order valence-corrected chi connectivity index (χ2v) is 9.09. The van der Waals surface area contributed by atoms with Crippen LogP contribution >= 0.6 is 0 Å². The fraction of sp³-hybridized carbons (Fsp3) is 0.517. The quantitative estimate of drug-likeness (QED) is 0.206. The van der Waals surface area contributed by atoms with Gasteiger partial charge < -0.3 is 24.4 Å². The molecule has 7 heteroatoms. The maximum absolute atomic E-state index is 11.6. The Labute approximate surface area is 214 Å². The van der Waals surface area contributed by atoms with E-state index in [9.17, 15) is 19.8 Å². The molecule has 0 heterocycles. The number of aliphatic carboxylic acids is 2. The summed E-state index contributed by atoms with van der Waals surface area (Å²) in [4.78, 5) is 23.1. The number of carboxylic acids is 2. The van der Waals surface area contributed by atoms with Crippen LogP contribution in [0.5, 0.6) is 23.0 Å². The summed E-state index contributed by atoms with van der Waals surface area (Å²) in [5.41, 5.74) is 0.777. The van der Waals surface area contributed by atoms with Crippen molar-refractivity contribution in [2.75, 3.05) is 0 Å². The summed E-state index contributed by atoms with van der Waals surface area (Å²) in [5.74, 6) is 0.235. The number of ether oxygens (including phenoxy) is 3. The molecular formula is C29H40O7. The molecule has 2 aromatic carbocycles. The van der Waals surface area contributed by atoms with E-state index in [4.69, 9.17) is 14.2 Å². The Bertz CT molecular complexity index is 939. The zero-order valence-corrected chi connectivity index (χ0v) is 21.7. The van der Waals surface area contributed by atoms with Gasteiger partial charge in [0.1, 0.15) is 23.0 Å². The summed E-state index contributed by atoms with van der Waals surface area (Å²) in [7, 11) is 0. The van der Waals surface area contributed by atoms with Crippen LogP contribution in [0.2, 0.25) is 0 Å². The minimum atomic E-state index is -0.962. The van der Waals surface area contributed by atoms with E-state index in [2.05, 4.69) is 13.8 Å². The zero-order chi connectivity index (χ0) is 26.3. The van der Waals surface area contributed by atoms with Crippen molar-refractivity contribution in [2.45, 2.75) is 97.2 Å². The Morgan fingerprint density at radius 3 is 1.69 bits per heavy atom. The van der Waals surface area contributed by atoms with Crippen LogP contribution in [-0.4, -0.2) is 34.4 Å². The van der Waals surface area contributed by atoms with Crippen molar-refractivity contribution >= 4 is 11.9 Å². The van der Waals surface area contributed by atoms with Gasteiger partial charge in [-0.25, -0.2) is 9.59 Å². The highest BCUT2D eigenvalue weighted by Crippen LogP contribution is 2.30. The molecule has 0 aromatic heterocycles. The van der Waals surface area contributed by atoms with Crippen molar-refractivity contribution in [3.05, 3.63) is 48.0 Å². The van der Waals surface area contributed by atoms with Gasteiger partial charge >= 0.3 is 11.9 Å². The lowest BCUT2D eigenvalue weighted by Crippen LogP contribution is -2.27.